The average molecular weight is 611 g/mol. The fourth-order valence-electron chi connectivity index (χ4n) is 3.03. The molecule has 0 radical (unpaired) electrons. The van der Waals surface area contributed by atoms with E-state index in [0.29, 0.717) is 3.57 Å². The van der Waals surface area contributed by atoms with E-state index in [0.717, 1.165) is 12.1 Å². The summed E-state index contributed by atoms with van der Waals surface area (Å²) in [6.45, 7) is 4.77. The van der Waals surface area contributed by atoms with Crippen LogP contribution in [0.2, 0.25) is 0 Å². The van der Waals surface area contributed by atoms with Crippen molar-refractivity contribution in [2.45, 2.75) is 45.1 Å². The third kappa shape index (κ3) is 6.93. The number of nitrogen functional groups attached to an aromatic ring is 1. The molecule has 0 saturated heterocycles. The number of esters is 2. The number of rotatable bonds is 7. The summed E-state index contributed by atoms with van der Waals surface area (Å²) in [6.07, 6.45) is -6.30. The van der Waals surface area contributed by atoms with Crippen LogP contribution in [0.3, 0.4) is 0 Å². The summed E-state index contributed by atoms with van der Waals surface area (Å²) in [4.78, 5) is 39.0. The quantitative estimate of drug-likeness (QED) is 0.157. The van der Waals surface area contributed by atoms with Gasteiger partial charge in [-0.25, -0.2) is 14.6 Å². The number of hydrogen-bond donors (Lipinski definition) is 1. The van der Waals surface area contributed by atoms with Gasteiger partial charge in [0.1, 0.15) is 17.4 Å². The molecule has 35 heavy (non-hydrogen) atoms. The van der Waals surface area contributed by atoms with Crippen LogP contribution < -0.4 is 10.5 Å². The second-order valence-corrected chi connectivity index (χ2v) is 9.27. The van der Waals surface area contributed by atoms with Gasteiger partial charge in [0.15, 0.2) is 0 Å². The lowest BCUT2D eigenvalue weighted by atomic mass is 9.97. The molecule has 2 rings (SSSR count). The van der Waals surface area contributed by atoms with Crippen molar-refractivity contribution in [1.82, 2.24) is 4.98 Å². The molecule has 0 aliphatic carbocycles. The van der Waals surface area contributed by atoms with Crippen molar-refractivity contribution >= 4 is 45.9 Å². The second-order valence-electron chi connectivity index (χ2n) is 8.11. The highest BCUT2D eigenvalue weighted by Gasteiger charge is 2.43. The van der Waals surface area contributed by atoms with Crippen molar-refractivity contribution in [1.29, 1.82) is 0 Å². The summed E-state index contributed by atoms with van der Waals surface area (Å²) >= 11 is 1.78. The van der Waals surface area contributed by atoms with E-state index in [-0.39, 0.29) is 22.6 Å². The van der Waals surface area contributed by atoms with Gasteiger partial charge in [-0.05, 0) is 55.5 Å². The summed E-state index contributed by atoms with van der Waals surface area (Å²) in [7, 11) is 1.21. The highest BCUT2D eigenvalue weighted by Crippen LogP contribution is 2.38. The Bertz CT molecular complexity index is 1150. The SMILES string of the molecule is COc1nccc(I)c1C(Cc1ccc(C(=O)OC(C)(C)C)c(N)c1[N+](=O)[O-])OC(=O)C(F)(F)F. The number of hydrogen-bond acceptors (Lipinski definition) is 9. The highest BCUT2D eigenvalue weighted by molar-refractivity contribution is 14.1. The minimum atomic E-state index is -5.33. The molecule has 10 nitrogen and oxygen atoms in total. The number of methoxy groups -OCH3 is 1. The lowest BCUT2D eigenvalue weighted by Gasteiger charge is -2.22. The normalized spacial score (nSPS) is 12.6. The number of halogens is 4. The maximum absolute atomic E-state index is 13.0. The topological polar surface area (TPSA) is 144 Å². The molecule has 1 unspecified atom stereocenters. The minimum absolute atomic E-state index is 0.0303. The number of pyridine rings is 1. The van der Waals surface area contributed by atoms with Crippen molar-refractivity contribution in [3.8, 4) is 5.88 Å². The lowest BCUT2D eigenvalue weighted by Crippen LogP contribution is -2.28. The maximum atomic E-state index is 13.0. The lowest BCUT2D eigenvalue weighted by molar-refractivity contribution is -0.384. The fraction of sp³-hybridized carbons (Fsp3) is 0.381. The van der Waals surface area contributed by atoms with Crippen LogP contribution in [-0.2, 0) is 20.7 Å². The van der Waals surface area contributed by atoms with Gasteiger partial charge in [-0.3, -0.25) is 10.1 Å². The van der Waals surface area contributed by atoms with Crippen LogP contribution in [0.4, 0.5) is 24.5 Å². The largest absolute Gasteiger partial charge is 0.490 e. The van der Waals surface area contributed by atoms with E-state index in [9.17, 15) is 32.9 Å². The van der Waals surface area contributed by atoms with Crippen LogP contribution in [0.1, 0.15) is 48.4 Å². The maximum Gasteiger partial charge on any atom is 0.490 e. The molecule has 1 atom stereocenters. The first-order chi connectivity index (χ1) is 16.1. The number of anilines is 1. The number of nitrogens with zero attached hydrogens (tertiary/aromatic N) is 2. The molecular weight excluding hydrogens is 590 g/mol. The van der Waals surface area contributed by atoms with Crippen molar-refractivity contribution in [3.63, 3.8) is 0 Å². The van der Waals surface area contributed by atoms with Crippen molar-refractivity contribution in [2.24, 2.45) is 0 Å². The van der Waals surface area contributed by atoms with E-state index in [1.807, 2.05) is 0 Å². The van der Waals surface area contributed by atoms with Crippen LogP contribution in [0.25, 0.3) is 0 Å². The monoisotopic (exact) mass is 611 g/mol. The number of nitro benzene ring substituents is 1. The molecule has 0 saturated carbocycles. The standard InChI is InChI=1S/C21H21F3IN3O7/c1-20(2,3)35-18(29)11-6-5-10(16(15(11)26)28(31)32)9-13(34-19(30)21(22,23)24)14-12(25)7-8-27-17(14)33-4/h5-8,13H,9,26H2,1-4H3. The van der Waals surface area contributed by atoms with Crippen molar-refractivity contribution in [2.75, 3.05) is 12.8 Å². The van der Waals surface area contributed by atoms with E-state index < -0.39 is 52.5 Å². The minimum Gasteiger partial charge on any atom is -0.481 e. The molecule has 190 valence electrons. The molecule has 0 amide bonds. The molecule has 0 fully saturated rings. The van der Waals surface area contributed by atoms with Crippen LogP contribution in [-0.4, -0.2) is 40.7 Å². The van der Waals surface area contributed by atoms with E-state index in [1.54, 1.807) is 43.4 Å². The van der Waals surface area contributed by atoms with E-state index >= 15 is 0 Å². The molecule has 0 spiro atoms. The molecule has 1 aromatic heterocycles. The third-order valence-electron chi connectivity index (χ3n) is 4.40. The summed E-state index contributed by atoms with van der Waals surface area (Å²) in [5, 5.41) is 11.8. The predicted molar refractivity (Wildman–Crippen MR) is 125 cm³/mol. The van der Waals surface area contributed by atoms with Gasteiger partial charge in [-0.1, -0.05) is 6.07 Å². The fourth-order valence-corrected chi connectivity index (χ4v) is 3.77. The second kappa shape index (κ2) is 10.6. The Labute approximate surface area is 211 Å². The van der Waals surface area contributed by atoms with Gasteiger partial charge in [-0.15, -0.1) is 0 Å². The Balaban J connectivity index is 2.63. The molecule has 2 aromatic rings. The summed E-state index contributed by atoms with van der Waals surface area (Å²) in [5.74, 6) is -3.57. The highest BCUT2D eigenvalue weighted by atomic mass is 127. The van der Waals surface area contributed by atoms with Crippen LogP contribution in [0.5, 0.6) is 5.88 Å². The summed E-state index contributed by atoms with van der Waals surface area (Å²) in [6, 6.07) is 3.72. The predicted octanol–water partition coefficient (Wildman–Crippen LogP) is 4.53. The zero-order chi connectivity index (χ0) is 26.7. The van der Waals surface area contributed by atoms with Gasteiger partial charge in [0.2, 0.25) is 5.88 Å². The Hall–Kier alpha value is -3.17. The van der Waals surface area contributed by atoms with Gasteiger partial charge < -0.3 is 19.9 Å². The van der Waals surface area contributed by atoms with Crippen LogP contribution >= 0.6 is 22.6 Å². The molecule has 0 bridgehead atoms. The molecule has 0 aliphatic rings. The number of alkyl halides is 3. The molecule has 1 aromatic carbocycles. The zero-order valence-corrected chi connectivity index (χ0v) is 21.1. The Morgan fingerprint density at radius 3 is 2.37 bits per heavy atom. The van der Waals surface area contributed by atoms with Crippen LogP contribution in [0, 0.1) is 13.7 Å². The van der Waals surface area contributed by atoms with Crippen molar-refractivity contribution < 1.29 is 41.9 Å². The van der Waals surface area contributed by atoms with Gasteiger partial charge in [0.25, 0.3) is 5.69 Å². The van der Waals surface area contributed by atoms with E-state index in [2.05, 4.69) is 4.98 Å². The van der Waals surface area contributed by atoms with Gasteiger partial charge in [-0.2, -0.15) is 13.2 Å². The average Bonchev–Trinajstić information content (AvgIpc) is 2.70. The molecule has 1 heterocycles. The number of carbonyl (C=O) groups excluding carboxylic acids is 2. The third-order valence-corrected chi connectivity index (χ3v) is 5.34. The number of carbonyl (C=O) groups is 2. The number of aromatic nitrogens is 1. The number of ether oxygens (including phenoxy) is 3. The zero-order valence-electron chi connectivity index (χ0n) is 18.9. The van der Waals surface area contributed by atoms with E-state index in [4.69, 9.17) is 19.9 Å². The first-order valence-electron chi connectivity index (χ1n) is 9.82. The van der Waals surface area contributed by atoms with E-state index in [1.165, 1.54) is 19.4 Å². The molecular formula is C21H21F3IN3O7. The van der Waals surface area contributed by atoms with Gasteiger partial charge in [0.05, 0.1) is 23.2 Å². The number of benzene rings is 1. The summed E-state index contributed by atoms with van der Waals surface area (Å²) in [5.41, 5.74) is 3.19. The first kappa shape index (κ1) is 28.1. The molecule has 2 N–H and O–H groups in total. The summed E-state index contributed by atoms with van der Waals surface area (Å²) < 4.78 is 54.3. The Morgan fingerprint density at radius 2 is 1.86 bits per heavy atom. The first-order valence-corrected chi connectivity index (χ1v) is 10.9. The van der Waals surface area contributed by atoms with Crippen LogP contribution in [0.15, 0.2) is 24.4 Å². The van der Waals surface area contributed by atoms with Gasteiger partial charge in [0, 0.05) is 21.8 Å². The van der Waals surface area contributed by atoms with Crippen molar-refractivity contribution in [3.05, 3.63) is 54.8 Å². The molecule has 0 aliphatic heterocycles. The number of nitrogens with two attached hydrogens (primary N) is 1. The Kier molecular flexibility index (Phi) is 8.52. The Morgan fingerprint density at radius 1 is 1.23 bits per heavy atom. The smallest absolute Gasteiger partial charge is 0.481 e. The molecule has 14 heteroatoms. The van der Waals surface area contributed by atoms with Gasteiger partial charge >= 0.3 is 18.1 Å². The number of nitro groups is 1.